The van der Waals surface area contributed by atoms with Crippen LogP contribution in [0.15, 0.2) is 42.5 Å². The molecule has 3 heterocycles. The number of aromatic nitrogens is 1. The number of carbonyl (C=O) groups excluding carboxylic acids is 2. The van der Waals surface area contributed by atoms with Crippen LogP contribution < -0.4 is 5.32 Å². The molecule has 5 rings (SSSR count). The quantitative estimate of drug-likeness (QED) is 0.384. The Hall–Kier alpha value is -3.38. The molecule has 6 nitrogen and oxygen atoms in total. The Morgan fingerprint density at radius 2 is 1.74 bits per heavy atom. The molecule has 1 N–H and O–H groups in total. The minimum Gasteiger partial charge on any atom is -0.443 e. The summed E-state index contributed by atoms with van der Waals surface area (Å²) in [5.74, 6) is -0.113. The third-order valence-corrected chi connectivity index (χ3v) is 7.26. The van der Waals surface area contributed by atoms with E-state index in [0.29, 0.717) is 17.8 Å². The van der Waals surface area contributed by atoms with E-state index in [1.54, 1.807) is 4.57 Å². The molecule has 1 fully saturated rings. The van der Waals surface area contributed by atoms with Crippen LogP contribution in [-0.2, 0) is 17.8 Å². The number of carbonyl (C=O) groups is 2. The van der Waals surface area contributed by atoms with Crippen molar-refractivity contribution in [3.63, 3.8) is 0 Å². The van der Waals surface area contributed by atoms with E-state index in [2.05, 4.69) is 61.3 Å². The Morgan fingerprint density at radius 3 is 2.44 bits per heavy atom. The third-order valence-electron chi connectivity index (χ3n) is 7.26. The van der Waals surface area contributed by atoms with E-state index in [1.807, 2.05) is 39.0 Å². The highest BCUT2D eigenvalue weighted by Crippen LogP contribution is 2.36. The first kappa shape index (κ1) is 27.2. The number of likely N-dealkylation sites (tertiary alicyclic amines) is 1. The number of fused-ring (bicyclic) bond motifs is 2. The molecule has 3 aromatic rings. The zero-order chi connectivity index (χ0) is 27.9. The van der Waals surface area contributed by atoms with Gasteiger partial charge in [0.1, 0.15) is 5.60 Å². The maximum absolute atomic E-state index is 13.7. The van der Waals surface area contributed by atoms with Crippen LogP contribution in [0.4, 0.5) is 4.79 Å². The molecule has 1 saturated heterocycles. The van der Waals surface area contributed by atoms with E-state index in [9.17, 15) is 9.59 Å². The number of allylic oxidation sites excluding steroid dienone is 1. The summed E-state index contributed by atoms with van der Waals surface area (Å²) < 4.78 is 7.52. The van der Waals surface area contributed by atoms with Gasteiger partial charge in [-0.15, -0.1) is 0 Å². The minimum absolute atomic E-state index is 0.0173. The topological polar surface area (TPSA) is 63.6 Å². The number of rotatable bonds is 4. The van der Waals surface area contributed by atoms with Gasteiger partial charge in [0.25, 0.3) is 5.91 Å². The molecule has 0 aliphatic carbocycles. The molecule has 6 heteroatoms. The first-order chi connectivity index (χ1) is 18.4. The summed E-state index contributed by atoms with van der Waals surface area (Å²) in [6, 6.07) is 12.4. The molecule has 0 bridgehead atoms. The highest BCUT2D eigenvalue weighted by molar-refractivity contribution is 6.07. The van der Waals surface area contributed by atoms with Crippen molar-refractivity contribution in [3.05, 3.63) is 64.7 Å². The maximum atomic E-state index is 13.7. The molecule has 2 aromatic carbocycles. The second-order valence-corrected chi connectivity index (χ2v) is 13.1. The SMILES string of the molecule is CC(C)(C)/C=C/c1cc2c(c(-c3cc4cc(CN5CCCCC5)ccc4n3C(=O)OC(C)(C)C)c1)C(=O)NC2. The van der Waals surface area contributed by atoms with Crippen molar-refractivity contribution in [2.45, 2.75) is 79.5 Å². The van der Waals surface area contributed by atoms with E-state index in [4.69, 9.17) is 4.74 Å². The molecule has 2 aliphatic heterocycles. The van der Waals surface area contributed by atoms with Gasteiger partial charge in [0.05, 0.1) is 16.8 Å². The van der Waals surface area contributed by atoms with Gasteiger partial charge in [0, 0.05) is 24.0 Å². The van der Waals surface area contributed by atoms with Gasteiger partial charge in [-0.1, -0.05) is 45.4 Å². The first-order valence-corrected chi connectivity index (χ1v) is 14.1. The van der Waals surface area contributed by atoms with Crippen molar-refractivity contribution in [3.8, 4) is 11.3 Å². The Morgan fingerprint density at radius 1 is 1.00 bits per heavy atom. The van der Waals surface area contributed by atoms with Crippen LogP contribution in [0, 0.1) is 5.41 Å². The van der Waals surface area contributed by atoms with Crippen molar-refractivity contribution in [1.29, 1.82) is 0 Å². The van der Waals surface area contributed by atoms with Crippen molar-refractivity contribution < 1.29 is 14.3 Å². The third kappa shape index (κ3) is 6.11. The summed E-state index contributed by atoms with van der Waals surface area (Å²) in [6.45, 7) is 15.7. The largest absolute Gasteiger partial charge is 0.443 e. The Labute approximate surface area is 232 Å². The van der Waals surface area contributed by atoms with Crippen LogP contribution in [0.3, 0.4) is 0 Å². The Bertz CT molecular complexity index is 1440. The van der Waals surface area contributed by atoms with Crippen molar-refractivity contribution in [1.82, 2.24) is 14.8 Å². The minimum atomic E-state index is -0.657. The molecule has 0 atom stereocenters. The predicted octanol–water partition coefficient (Wildman–Crippen LogP) is 7.38. The summed E-state index contributed by atoms with van der Waals surface area (Å²) in [5, 5.41) is 3.94. The molecular weight excluding hydrogens is 486 g/mol. The molecule has 1 aromatic heterocycles. The summed E-state index contributed by atoms with van der Waals surface area (Å²) in [5.41, 5.74) is 5.36. The van der Waals surface area contributed by atoms with Crippen LogP contribution in [0.2, 0.25) is 0 Å². The molecule has 39 heavy (non-hydrogen) atoms. The average molecular weight is 528 g/mol. The van der Waals surface area contributed by atoms with E-state index < -0.39 is 11.7 Å². The van der Waals surface area contributed by atoms with Gasteiger partial charge < -0.3 is 10.1 Å². The lowest BCUT2D eigenvalue weighted by Crippen LogP contribution is -2.29. The van der Waals surface area contributed by atoms with Gasteiger partial charge >= 0.3 is 6.09 Å². The molecule has 2 aliphatic rings. The monoisotopic (exact) mass is 527 g/mol. The summed E-state index contributed by atoms with van der Waals surface area (Å²) in [7, 11) is 0. The molecule has 0 radical (unpaired) electrons. The summed E-state index contributed by atoms with van der Waals surface area (Å²) >= 11 is 0. The van der Waals surface area contributed by atoms with Crippen LogP contribution in [-0.4, -0.2) is 40.2 Å². The van der Waals surface area contributed by atoms with Crippen molar-refractivity contribution in [2.24, 2.45) is 5.41 Å². The molecule has 206 valence electrons. The number of amides is 1. The fraction of sp³-hybridized carbons (Fsp3) is 0.455. The zero-order valence-electron chi connectivity index (χ0n) is 24.2. The lowest BCUT2D eigenvalue weighted by molar-refractivity contribution is 0.0547. The first-order valence-electron chi connectivity index (χ1n) is 14.1. The van der Waals surface area contributed by atoms with E-state index in [1.165, 1.54) is 24.8 Å². The normalized spacial score (nSPS) is 16.6. The number of nitrogens with zero attached hydrogens (tertiary/aromatic N) is 2. The lowest BCUT2D eigenvalue weighted by Gasteiger charge is -2.26. The van der Waals surface area contributed by atoms with Crippen LogP contribution in [0.25, 0.3) is 28.2 Å². The lowest BCUT2D eigenvalue weighted by atomic mass is 9.93. The zero-order valence-corrected chi connectivity index (χ0v) is 24.2. The van der Waals surface area contributed by atoms with Gasteiger partial charge in [-0.05, 0) is 99.1 Å². The Balaban J connectivity index is 1.67. The van der Waals surface area contributed by atoms with Gasteiger partial charge in [-0.3, -0.25) is 9.69 Å². The maximum Gasteiger partial charge on any atom is 0.419 e. The number of piperidine rings is 1. The van der Waals surface area contributed by atoms with E-state index >= 15 is 0 Å². The van der Waals surface area contributed by atoms with E-state index in [0.717, 1.165) is 47.2 Å². The summed E-state index contributed by atoms with van der Waals surface area (Å²) in [6.07, 6.45) is 7.62. The Kier molecular flexibility index (Phi) is 7.19. The highest BCUT2D eigenvalue weighted by Gasteiger charge is 2.29. The van der Waals surface area contributed by atoms with Crippen LogP contribution >= 0.6 is 0 Å². The van der Waals surface area contributed by atoms with Gasteiger partial charge in [0.2, 0.25) is 0 Å². The number of nitrogens with one attached hydrogen (secondary N) is 1. The summed E-state index contributed by atoms with van der Waals surface area (Å²) in [4.78, 5) is 29.2. The number of hydrogen-bond donors (Lipinski definition) is 1. The molecule has 0 saturated carbocycles. The second-order valence-electron chi connectivity index (χ2n) is 13.1. The number of hydrogen-bond acceptors (Lipinski definition) is 4. The molecular formula is C33H41N3O3. The second kappa shape index (κ2) is 10.3. The molecule has 0 unspecified atom stereocenters. The van der Waals surface area contributed by atoms with Crippen molar-refractivity contribution in [2.75, 3.05) is 13.1 Å². The van der Waals surface area contributed by atoms with Crippen molar-refractivity contribution >= 4 is 29.0 Å². The van der Waals surface area contributed by atoms with Crippen LogP contribution in [0.5, 0.6) is 0 Å². The van der Waals surface area contributed by atoms with Gasteiger partial charge in [-0.25, -0.2) is 9.36 Å². The highest BCUT2D eigenvalue weighted by atomic mass is 16.6. The van der Waals surface area contributed by atoms with Gasteiger partial charge in [0.15, 0.2) is 0 Å². The standard InChI is InChI=1S/C33H41N3O3/c1-32(2,3)13-12-22-16-25-20-34-30(37)29(25)26(18-22)28-19-24-17-23(21-35-14-8-7-9-15-35)10-11-27(24)36(28)31(38)39-33(4,5)6/h10-13,16-19H,7-9,14-15,20-21H2,1-6H3,(H,34,37)/b13-12+. The fourth-order valence-electron chi connectivity index (χ4n) is 5.48. The molecule has 1 amide bonds. The fourth-order valence-corrected chi connectivity index (χ4v) is 5.48. The smallest absolute Gasteiger partial charge is 0.419 e. The van der Waals surface area contributed by atoms with Gasteiger partial charge in [-0.2, -0.15) is 0 Å². The molecule has 0 spiro atoms. The van der Waals surface area contributed by atoms with E-state index in [-0.39, 0.29) is 11.3 Å². The average Bonchev–Trinajstić information content (AvgIpc) is 3.42. The number of ether oxygens (including phenoxy) is 1. The number of benzene rings is 2. The predicted molar refractivity (Wildman–Crippen MR) is 158 cm³/mol. The van der Waals surface area contributed by atoms with Crippen LogP contribution in [0.1, 0.15) is 87.9 Å².